The molecule has 4 N–H and O–H groups in total. The maximum absolute atomic E-state index is 10.0. The number of pyridine rings is 1. The van der Waals surface area contributed by atoms with Gasteiger partial charge >= 0.3 is 0 Å². The van der Waals surface area contributed by atoms with Crippen LogP contribution in [0.15, 0.2) is 30.5 Å². The monoisotopic (exact) mass is 274 g/mol. The Hall–Kier alpha value is -2.11. The zero-order valence-electron chi connectivity index (χ0n) is 11.3. The molecule has 0 saturated heterocycles. The Morgan fingerprint density at radius 3 is 2.70 bits per heavy atom. The normalized spacial score (nSPS) is 10.6. The molecule has 0 aliphatic heterocycles. The van der Waals surface area contributed by atoms with E-state index in [4.69, 9.17) is 5.11 Å². The lowest BCUT2D eigenvalue weighted by molar-refractivity contribution is 0.279. The molecule has 5 nitrogen and oxygen atoms in total. The first-order valence-electron chi connectivity index (χ1n) is 6.36. The Kier molecular flexibility index (Phi) is 4.55. The highest BCUT2D eigenvalue weighted by Crippen LogP contribution is 2.25. The number of anilines is 1. The average molecular weight is 274 g/mol. The summed E-state index contributed by atoms with van der Waals surface area (Å²) in [5, 5.41) is 31.6. The lowest BCUT2D eigenvalue weighted by atomic mass is 10.1. The van der Waals surface area contributed by atoms with Gasteiger partial charge in [0, 0.05) is 29.6 Å². The van der Waals surface area contributed by atoms with E-state index in [0.717, 1.165) is 11.3 Å². The molecule has 0 saturated carbocycles. The van der Waals surface area contributed by atoms with E-state index in [2.05, 4.69) is 10.3 Å². The highest BCUT2D eigenvalue weighted by molar-refractivity contribution is 5.49. The quantitative estimate of drug-likeness (QED) is 0.666. The van der Waals surface area contributed by atoms with Crippen LogP contribution in [0.25, 0.3) is 0 Å². The molecule has 0 amide bonds. The Morgan fingerprint density at radius 1 is 1.20 bits per heavy atom. The minimum absolute atomic E-state index is 0.0168. The molecule has 2 rings (SSSR count). The van der Waals surface area contributed by atoms with E-state index in [-0.39, 0.29) is 19.0 Å². The molecule has 0 radical (unpaired) electrons. The van der Waals surface area contributed by atoms with Crippen LogP contribution in [0.4, 0.5) is 5.69 Å². The summed E-state index contributed by atoms with van der Waals surface area (Å²) in [5.74, 6) is 0.0994. The number of nitrogens with zero attached hydrogens (tertiary/aromatic N) is 1. The summed E-state index contributed by atoms with van der Waals surface area (Å²) in [6, 6.07) is 7.39. The Bertz CT molecular complexity index is 600. The topological polar surface area (TPSA) is 85.6 Å². The fraction of sp³-hybridized carbons (Fsp3) is 0.267. The SMILES string of the molecule is Cc1ncc(CO)c(CNc2cccc(CO)c2)c1O. The Balaban J connectivity index is 2.20. The molecule has 0 bridgehead atoms. The summed E-state index contributed by atoms with van der Waals surface area (Å²) >= 11 is 0. The summed E-state index contributed by atoms with van der Waals surface area (Å²) in [6.07, 6.45) is 1.57. The van der Waals surface area contributed by atoms with Crippen molar-refractivity contribution >= 4 is 5.69 Å². The van der Waals surface area contributed by atoms with Crippen LogP contribution in [0.1, 0.15) is 22.4 Å². The van der Waals surface area contributed by atoms with E-state index < -0.39 is 0 Å². The minimum atomic E-state index is -0.172. The molecule has 0 aliphatic rings. The van der Waals surface area contributed by atoms with Crippen molar-refractivity contribution in [3.63, 3.8) is 0 Å². The molecule has 0 unspecified atom stereocenters. The number of rotatable bonds is 5. The standard InChI is InChI=1S/C15H18N2O3/c1-10-15(20)14(12(9-19)6-16-10)7-17-13-4-2-3-11(5-13)8-18/h2-6,17-20H,7-9H2,1H3. The van der Waals surface area contributed by atoms with E-state index in [1.807, 2.05) is 24.3 Å². The van der Waals surface area contributed by atoms with Gasteiger partial charge in [0.05, 0.1) is 18.9 Å². The number of aliphatic hydroxyl groups is 2. The van der Waals surface area contributed by atoms with Gasteiger partial charge in [-0.2, -0.15) is 0 Å². The molecular formula is C15H18N2O3. The third-order valence-electron chi connectivity index (χ3n) is 3.18. The van der Waals surface area contributed by atoms with Crippen molar-refractivity contribution in [3.8, 4) is 5.75 Å². The van der Waals surface area contributed by atoms with Crippen LogP contribution in [-0.4, -0.2) is 20.3 Å². The van der Waals surface area contributed by atoms with Crippen LogP contribution in [0, 0.1) is 6.92 Å². The van der Waals surface area contributed by atoms with Gasteiger partial charge in [0.1, 0.15) is 5.75 Å². The third-order valence-corrected chi connectivity index (χ3v) is 3.18. The van der Waals surface area contributed by atoms with Gasteiger partial charge in [-0.1, -0.05) is 12.1 Å². The lowest BCUT2D eigenvalue weighted by Gasteiger charge is -2.13. The van der Waals surface area contributed by atoms with Crippen molar-refractivity contribution in [1.82, 2.24) is 4.98 Å². The maximum Gasteiger partial charge on any atom is 0.142 e. The van der Waals surface area contributed by atoms with Crippen molar-refractivity contribution in [1.29, 1.82) is 0 Å². The number of hydrogen-bond donors (Lipinski definition) is 4. The average Bonchev–Trinajstić information content (AvgIpc) is 2.49. The first kappa shape index (κ1) is 14.3. The smallest absolute Gasteiger partial charge is 0.142 e. The van der Waals surface area contributed by atoms with Gasteiger partial charge in [-0.05, 0) is 24.6 Å². The van der Waals surface area contributed by atoms with Crippen LogP contribution in [0.2, 0.25) is 0 Å². The second kappa shape index (κ2) is 6.36. The van der Waals surface area contributed by atoms with Crippen LogP contribution in [0.3, 0.4) is 0 Å². The Morgan fingerprint density at radius 2 is 2.00 bits per heavy atom. The summed E-state index contributed by atoms with van der Waals surface area (Å²) < 4.78 is 0. The maximum atomic E-state index is 10.0. The molecule has 1 heterocycles. The molecule has 0 aliphatic carbocycles. The molecular weight excluding hydrogens is 256 g/mol. The number of benzene rings is 1. The van der Waals surface area contributed by atoms with E-state index in [9.17, 15) is 10.2 Å². The molecule has 0 atom stereocenters. The van der Waals surface area contributed by atoms with Crippen molar-refractivity contribution in [3.05, 3.63) is 52.8 Å². The number of hydrogen-bond acceptors (Lipinski definition) is 5. The van der Waals surface area contributed by atoms with Gasteiger partial charge < -0.3 is 20.6 Å². The summed E-state index contributed by atoms with van der Waals surface area (Å²) in [4.78, 5) is 4.02. The van der Waals surface area contributed by atoms with Crippen molar-refractivity contribution in [2.24, 2.45) is 0 Å². The summed E-state index contributed by atoms with van der Waals surface area (Å²) in [7, 11) is 0. The van der Waals surface area contributed by atoms with Crippen LogP contribution in [0.5, 0.6) is 5.75 Å². The van der Waals surface area contributed by atoms with Crippen molar-refractivity contribution in [2.45, 2.75) is 26.7 Å². The van der Waals surface area contributed by atoms with E-state index in [1.165, 1.54) is 0 Å². The van der Waals surface area contributed by atoms with E-state index >= 15 is 0 Å². The first-order chi connectivity index (χ1) is 9.65. The van der Waals surface area contributed by atoms with E-state index in [0.29, 0.717) is 23.4 Å². The lowest BCUT2D eigenvalue weighted by Crippen LogP contribution is -2.05. The number of aromatic hydroxyl groups is 1. The van der Waals surface area contributed by atoms with Crippen molar-refractivity contribution in [2.75, 3.05) is 5.32 Å². The largest absolute Gasteiger partial charge is 0.506 e. The van der Waals surface area contributed by atoms with Crippen LogP contribution >= 0.6 is 0 Å². The van der Waals surface area contributed by atoms with Gasteiger partial charge in [-0.25, -0.2) is 0 Å². The van der Waals surface area contributed by atoms with Gasteiger partial charge in [0.25, 0.3) is 0 Å². The molecule has 2 aromatic rings. The first-order valence-corrected chi connectivity index (χ1v) is 6.36. The zero-order chi connectivity index (χ0) is 14.5. The predicted molar refractivity (Wildman–Crippen MR) is 76.3 cm³/mol. The number of nitrogens with one attached hydrogen (secondary N) is 1. The van der Waals surface area contributed by atoms with Crippen LogP contribution < -0.4 is 5.32 Å². The predicted octanol–water partition coefficient (Wildman–Crippen LogP) is 1.69. The van der Waals surface area contributed by atoms with Gasteiger partial charge in [0.15, 0.2) is 0 Å². The second-order valence-corrected chi connectivity index (χ2v) is 4.57. The van der Waals surface area contributed by atoms with Gasteiger partial charge in [0.2, 0.25) is 0 Å². The fourth-order valence-corrected chi connectivity index (χ4v) is 1.99. The van der Waals surface area contributed by atoms with E-state index in [1.54, 1.807) is 13.1 Å². The number of aliphatic hydroxyl groups excluding tert-OH is 2. The molecule has 5 heteroatoms. The minimum Gasteiger partial charge on any atom is -0.506 e. The third kappa shape index (κ3) is 3.07. The Labute approximate surface area is 117 Å². The fourth-order valence-electron chi connectivity index (χ4n) is 1.99. The second-order valence-electron chi connectivity index (χ2n) is 4.57. The summed E-state index contributed by atoms with van der Waals surface area (Å²) in [5.41, 5.74) is 3.42. The number of aryl methyl sites for hydroxylation is 1. The van der Waals surface area contributed by atoms with Crippen LogP contribution in [-0.2, 0) is 19.8 Å². The highest BCUT2D eigenvalue weighted by atomic mass is 16.3. The highest BCUT2D eigenvalue weighted by Gasteiger charge is 2.11. The van der Waals surface area contributed by atoms with Gasteiger partial charge in [-0.3, -0.25) is 4.98 Å². The molecule has 106 valence electrons. The molecule has 1 aromatic carbocycles. The van der Waals surface area contributed by atoms with Gasteiger partial charge in [-0.15, -0.1) is 0 Å². The summed E-state index contributed by atoms with van der Waals surface area (Å²) in [6.45, 7) is 1.90. The zero-order valence-corrected chi connectivity index (χ0v) is 11.3. The molecule has 1 aromatic heterocycles. The molecule has 0 spiro atoms. The van der Waals surface area contributed by atoms with Crippen molar-refractivity contribution < 1.29 is 15.3 Å². The molecule has 0 fully saturated rings. The number of aromatic nitrogens is 1. The molecule has 20 heavy (non-hydrogen) atoms.